The summed E-state index contributed by atoms with van der Waals surface area (Å²) in [5, 5.41) is 0. The molecule has 1 aliphatic rings. The van der Waals surface area contributed by atoms with Crippen molar-refractivity contribution in [1.29, 1.82) is 0 Å². The van der Waals surface area contributed by atoms with Gasteiger partial charge in [0.05, 0.1) is 12.2 Å². The summed E-state index contributed by atoms with van der Waals surface area (Å²) in [5.74, 6) is 1.11. The third kappa shape index (κ3) is 2.19. The number of nitrogens with zero attached hydrogens (tertiary/aromatic N) is 2. The zero-order chi connectivity index (χ0) is 11.7. The zero-order valence-electron chi connectivity index (χ0n) is 10.5. The third-order valence-electron chi connectivity index (χ3n) is 3.17. The Kier molecular flexibility index (Phi) is 3.15. The van der Waals surface area contributed by atoms with Crippen LogP contribution in [-0.4, -0.2) is 30.3 Å². The second-order valence-electron chi connectivity index (χ2n) is 4.74. The maximum Gasteiger partial charge on any atom is 0.131 e. The Morgan fingerprint density at radius 2 is 1.88 bits per heavy atom. The molecule has 0 radical (unpaired) electrons. The van der Waals surface area contributed by atoms with E-state index in [9.17, 15) is 0 Å². The Balaban J connectivity index is 2.26. The minimum atomic E-state index is 0.283. The smallest absolute Gasteiger partial charge is 0.131 e. The van der Waals surface area contributed by atoms with Gasteiger partial charge < -0.3 is 9.64 Å². The lowest BCUT2D eigenvalue weighted by molar-refractivity contribution is -0.00549. The maximum atomic E-state index is 5.74. The Morgan fingerprint density at radius 1 is 1.25 bits per heavy atom. The quantitative estimate of drug-likeness (QED) is 0.726. The van der Waals surface area contributed by atoms with Crippen LogP contribution in [-0.2, 0) is 4.74 Å². The van der Waals surface area contributed by atoms with Crippen LogP contribution in [0.3, 0.4) is 0 Å². The summed E-state index contributed by atoms with van der Waals surface area (Å²) in [6.45, 7) is 10.4. The summed E-state index contributed by atoms with van der Waals surface area (Å²) in [4.78, 5) is 6.84. The summed E-state index contributed by atoms with van der Waals surface area (Å²) in [7, 11) is 0. The van der Waals surface area contributed by atoms with Crippen molar-refractivity contribution in [2.24, 2.45) is 0 Å². The van der Waals surface area contributed by atoms with Crippen LogP contribution >= 0.6 is 0 Å². The van der Waals surface area contributed by atoms with Crippen molar-refractivity contribution in [2.75, 3.05) is 18.0 Å². The number of aromatic nitrogens is 1. The SMILES string of the molecule is Cc1ccnc(N2C[C@@H](C)O[C@@H](C)C2)c1C. The topological polar surface area (TPSA) is 25.4 Å². The first kappa shape index (κ1) is 11.4. The number of aryl methyl sites for hydroxylation is 1. The van der Waals surface area contributed by atoms with Gasteiger partial charge in [-0.15, -0.1) is 0 Å². The third-order valence-corrected chi connectivity index (χ3v) is 3.17. The van der Waals surface area contributed by atoms with E-state index in [-0.39, 0.29) is 12.2 Å². The average Bonchev–Trinajstić information content (AvgIpc) is 2.20. The molecule has 0 saturated carbocycles. The molecule has 0 aromatic carbocycles. The molecule has 2 rings (SSSR count). The van der Waals surface area contributed by atoms with Crippen LogP contribution in [0, 0.1) is 13.8 Å². The minimum Gasteiger partial charge on any atom is -0.372 e. The van der Waals surface area contributed by atoms with E-state index in [1.165, 1.54) is 11.1 Å². The predicted molar refractivity (Wildman–Crippen MR) is 65.9 cm³/mol. The minimum absolute atomic E-state index is 0.283. The van der Waals surface area contributed by atoms with Crippen LogP contribution in [0.15, 0.2) is 12.3 Å². The summed E-state index contributed by atoms with van der Waals surface area (Å²) < 4.78 is 5.74. The number of hydrogen-bond donors (Lipinski definition) is 0. The summed E-state index contributed by atoms with van der Waals surface area (Å²) in [5.41, 5.74) is 2.58. The molecule has 1 saturated heterocycles. The molecule has 0 amide bonds. The summed E-state index contributed by atoms with van der Waals surface area (Å²) in [6.07, 6.45) is 2.46. The van der Waals surface area contributed by atoms with Crippen molar-refractivity contribution in [1.82, 2.24) is 4.98 Å². The highest BCUT2D eigenvalue weighted by molar-refractivity contribution is 5.49. The number of morpholine rings is 1. The fourth-order valence-electron chi connectivity index (χ4n) is 2.29. The van der Waals surface area contributed by atoms with Crippen LogP contribution < -0.4 is 4.90 Å². The first-order valence-electron chi connectivity index (χ1n) is 5.90. The number of anilines is 1. The molecule has 88 valence electrons. The molecule has 3 heteroatoms. The van der Waals surface area contributed by atoms with Crippen LogP contribution in [0.5, 0.6) is 0 Å². The van der Waals surface area contributed by atoms with E-state index in [0.717, 1.165) is 18.9 Å². The molecule has 1 fully saturated rings. The maximum absolute atomic E-state index is 5.74. The number of ether oxygens (including phenoxy) is 1. The lowest BCUT2D eigenvalue weighted by atomic mass is 10.1. The highest BCUT2D eigenvalue weighted by atomic mass is 16.5. The second kappa shape index (κ2) is 4.42. The van der Waals surface area contributed by atoms with Gasteiger partial charge in [-0.3, -0.25) is 0 Å². The van der Waals surface area contributed by atoms with E-state index in [4.69, 9.17) is 4.74 Å². The lowest BCUT2D eigenvalue weighted by Crippen LogP contribution is -2.46. The Bertz CT molecular complexity index is 368. The lowest BCUT2D eigenvalue weighted by Gasteiger charge is -2.36. The van der Waals surface area contributed by atoms with Gasteiger partial charge >= 0.3 is 0 Å². The Morgan fingerprint density at radius 3 is 2.50 bits per heavy atom. The van der Waals surface area contributed by atoms with Crippen LogP contribution in [0.1, 0.15) is 25.0 Å². The average molecular weight is 220 g/mol. The molecule has 1 aromatic rings. The molecule has 0 N–H and O–H groups in total. The molecule has 16 heavy (non-hydrogen) atoms. The molecule has 3 nitrogen and oxygen atoms in total. The van der Waals surface area contributed by atoms with Gasteiger partial charge in [0.25, 0.3) is 0 Å². The van der Waals surface area contributed by atoms with Gasteiger partial charge in [0.2, 0.25) is 0 Å². The van der Waals surface area contributed by atoms with E-state index < -0.39 is 0 Å². The van der Waals surface area contributed by atoms with Gasteiger partial charge in [0, 0.05) is 19.3 Å². The van der Waals surface area contributed by atoms with E-state index in [0.29, 0.717) is 0 Å². The fourth-order valence-corrected chi connectivity index (χ4v) is 2.29. The highest BCUT2D eigenvalue weighted by Gasteiger charge is 2.24. The van der Waals surface area contributed by atoms with Crippen LogP contribution in [0.25, 0.3) is 0 Å². The van der Waals surface area contributed by atoms with Crippen molar-refractivity contribution < 1.29 is 4.74 Å². The number of hydrogen-bond acceptors (Lipinski definition) is 3. The van der Waals surface area contributed by atoms with E-state index in [1.807, 2.05) is 6.20 Å². The van der Waals surface area contributed by atoms with Crippen LogP contribution in [0.2, 0.25) is 0 Å². The first-order chi connectivity index (χ1) is 7.58. The summed E-state index contributed by atoms with van der Waals surface area (Å²) >= 11 is 0. The van der Waals surface area contributed by atoms with Gasteiger partial charge in [-0.05, 0) is 44.9 Å². The van der Waals surface area contributed by atoms with Crippen molar-refractivity contribution in [3.05, 3.63) is 23.4 Å². The number of pyridine rings is 1. The van der Waals surface area contributed by atoms with Crippen molar-refractivity contribution in [3.63, 3.8) is 0 Å². The van der Waals surface area contributed by atoms with Crippen molar-refractivity contribution in [3.8, 4) is 0 Å². The second-order valence-corrected chi connectivity index (χ2v) is 4.74. The molecule has 0 spiro atoms. The zero-order valence-corrected chi connectivity index (χ0v) is 10.5. The largest absolute Gasteiger partial charge is 0.372 e. The Hall–Kier alpha value is -1.09. The van der Waals surface area contributed by atoms with Gasteiger partial charge in [-0.1, -0.05) is 0 Å². The van der Waals surface area contributed by atoms with Gasteiger partial charge in [0.15, 0.2) is 0 Å². The van der Waals surface area contributed by atoms with Gasteiger partial charge in [-0.2, -0.15) is 0 Å². The molecular formula is C13H20N2O. The van der Waals surface area contributed by atoms with Gasteiger partial charge in [-0.25, -0.2) is 4.98 Å². The van der Waals surface area contributed by atoms with E-state index in [2.05, 4.69) is 43.6 Å². The highest BCUT2D eigenvalue weighted by Crippen LogP contribution is 2.23. The van der Waals surface area contributed by atoms with E-state index in [1.54, 1.807) is 0 Å². The normalized spacial score (nSPS) is 25.9. The van der Waals surface area contributed by atoms with Crippen molar-refractivity contribution in [2.45, 2.75) is 39.9 Å². The molecule has 0 bridgehead atoms. The molecule has 2 heterocycles. The molecule has 0 aliphatic carbocycles. The monoisotopic (exact) mass is 220 g/mol. The van der Waals surface area contributed by atoms with Crippen molar-refractivity contribution >= 4 is 5.82 Å². The first-order valence-corrected chi connectivity index (χ1v) is 5.90. The summed E-state index contributed by atoms with van der Waals surface area (Å²) in [6, 6.07) is 2.06. The number of rotatable bonds is 1. The Labute approximate surface area is 97.4 Å². The molecular weight excluding hydrogens is 200 g/mol. The molecule has 2 atom stereocenters. The molecule has 1 aliphatic heterocycles. The molecule has 1 aromatic heterocycles. The fraction of sp³-hybridized carbons (Fsp3) is 0.615. The predicted octanol–water partition coefficient (Wildman–Crippen LogP) is 2.31. The van der Waals surface area contributed by atoms with E-state index >= 15 is 0 Å². The van der Waals surface area contributed by atoms with Crippen LogP contribution in [0.4, 0.5) is 5.82 Å². The standard InChI is InChI=1S/C13H20N2O/c1-9-5-6-14-13(12(9)4)15-7-10(2)16-11(3)8-15/h5-6,10-11H,7-8H2,1-4H3/t10-,11+. The van der Waals surface area contributed by atoms with Gasteiger partial charge in [0.1, 0.15) is 5.82 Å². The molecule has 0 unspecified atom stereocenters.